The lowest BCUT2D eigenvalue weighted by atomic mass is 9.92. The molecule has 1 rings (SSSR count). The predicted molar refractivity (Wildman–Crippen MR) is 82.6 cm³/mol. The highest BCUT2D eigenvalue weighted by molar-refractivity contribution is 5.78. The van der Waals surface area contributed by atoms with E-state index < -0.39 is 5.60 Å². The third-order valence-electron chi connectivity index (χ3n) is 4.89. The van der Waals surface area contributed by atoms with Gasteiger partial charge in [-0.05, 0) is 52.6 Å². The second-order valence-electron chi connectivity index (χ2n) is 6.52. The second-order valence-corrected chi connectivity index (χ2v) is 6.52. The van der Waals surface area contributed by atoms with Gasteiger partial charge in [-0.1, -0.05) is 13.8 Å². The number of carbonyl (C=O) groups is 1. The first-order valence-corrected chi connectivity index (χ1v) is 8.04. The number of hydrogen-bond donors (Lipinski definition) is 1. The Labute approximate surface area is 124 Å². The molecule has 0 aromatic carbocycles. The Balaban J connectivity index is 2.46. The maximum absolute atomic E-state index is 12.3. The van der Waals surface area contributed by atoms with Gasteiger partial charge in [-0.25, -0.2) is 0 Å². The summed E-state index contributed by atoms with van der Waals surface area (Å²) in [7, 11) is 1.90. The van der Waals surface area contributed by atoms with Gasteiger partial charge in [-0.3, -0.25) is 4.79 Å². The molecule has 4 heteroatoms. The predicted octanol–water partition coefficient (Wildman–Crippen LogP) is 2.12. The maximum Gasteiger partial charge on any atom is 0.225 e. The van der Waals surface area contributed by atoms with Crippen molar-refractivity contribution < 1.29 is 9.90 Å². The van der Waals surface area contributed by atoms with Gasteiger partial charge in [0.05, 0.1) is 5.60 Å². The maximum atomic E-state index is 12.3. The van der Waals surface area contributed by atoms with Gasteiger partial charge in [0.1, 0.15) is 0 Å². The smallest absolute Gasteiger partial charge is 0.225 e. The van der Waals surface area contributed by atoms with E-state index in [-0.39, 0.29) is 17.9 Å². The summed E-state index contributed by atoms with van der Waals surface area (Å²) in [6.45, 7) is 10.8. The molecule has 1 aliphatic rings. The molecule has 0 aliphatic carbocycles. The Morgan fingerprint density at radius 2 is 1.80 bits per heavy atom. The van der Waals surface area contributed by atoms with E-state index in [9.17, 15) is 9.90 Å². The number of carbonyl (C=O) groups excluding carboxylic acids is 1. The fourth-order valence-corrected chi connectivity index (χ4v) is 2.77. The molecule has 0 unspecified atom stereocenters. The summed E-state index contributed by atoms with van der Waals surface area (Å²) in [6, 6.07) is 0.269. The van der Waals surface area contributed by atoms with E-state index in [2.05, 4.69) is 18.7 Å². The molecule has 1 heterocycles. The van der Waals surface area contributed by atoms with Crippen molar-refractivity contribution in [3.05, 3.63) is 0 Å². The number of nitrogens with zero attached hydrogens (tertiary/aromatic N) is 2. The summed E-state index contributed by atoms with van der Waals surface area (Å²) < 4.78 is 0. The first-order chi connectivity index (χ1) is 9.33. The van der Waals surface area contributed by atoms with Crippen molar-refractivity contribution in [2.75, 3.05) is 26.7 Å². The molecular weight excluding hydrogens is 252 g/mol. The quantitative estimate of drug-likeness (QED) is 0.812. The lowest BCUT2D eigenvalue weighted by molar-refractivity contribution is -0.137. The summed E-state index contributed by atoms with van der Waals surface area (Å²) in [5.41, 5.74) is -0.564. The molecule has 0 bridgehead atoms. The van der Waals surface area contributed by atoms with Gasteiger partial charge >= 0.3 is 0 Å². The average molecular weight is 284 g/mol. The zero-order valence-corrected chi connectivity index (χ0v) is 13.9. The summed E-state index contributed by atoms with van der Waals surface area (Å²) in [6.07, 6.45) is 3.41. The average Bonchev–Trinajstić information content (AvgIpc) is 2.46. The van der Waals surface area contributed by atoms with Gasteiger partial charge in [0.2, 0.25) is 5.91 Å². The van der Waals surface area contributed by atoms with Crippen LogP contribution in [0.25, 0.3) is 0 Å². The number of likely N-dealkylation sites (tertiary alicyclic amines) is 1. The molecule has 118 valence electrons. The van der Waals surface area contributed by atoms with Gasteiger partial charge in [0.25, 0.3) is 0 Å². The van der Waals surface area contributed by atoms with E-state index in [1.54, 1.807) is 0 Å². The topological polar surface area (TPSA) is 43.8 Å². The van der Waals surface area contributed by atoms with Crippen LogP contribution in [0, 0.1) is 5.92 Å². The molecule has 0 aromatic rings. The van der Waals surface area contributed by atoms with Crippen molar-refractivity contribution in [3.8, 4) is 0 Å². The van der Waals surface area contributed by atoms with Crippen LogP contribution in [0.4, 0.5) is 0 Å². The highest BCUT2D eigenvalue weighted by Gasteiger charge is 2.31. The van der Waals surface area contributed by atoms with Crippen molar-refractivity contribution in [2.45, 2.75) is 65.0 Å². The van der Waals surface area contributed by atoms with E-state index in [1.807, 2.05) is 25.8 Å². The zero-order chi connectivity index (χ0) is 15.3. The molecule has 0 radical (unpaired) electrons. The zero-order valence-electron chi connectivity index (χ0n) is 13.9. The Bertz CT molecular complexity index is 306. The summed E-state index contributed by atoms with van der Waals surface area (Å²) in [5, 5.41) is 10.4. The molecule has 1 aliphatic heterocycles. The Hall–Kier alpha value is -0.610. The van der Waals surface area contributed by atoms with Crippen molar-refractivity contribution in [3.63, 3.8) is 0 Å². The summed E-state index contributed by atoms with van der Waals surface area (Å²) in [4.78, 5) is 16.5. The Kier molecular flexibility index (Phi) is 6.46. The minimum atomic E-state index is -0.564. The van der Waals surface area contributed by atoms with Crippen LogP contribution in [0.3, 0.4) is 0 Å². The lowest BCUT2D eigenvalue weighted by Gasteiger charge is -2.38. The molecule has 1 fully saturated rings. The minimum Gasteiger partial charge on any atom is -0.389 e. The van der Waals surface area contributed by atoms with Crippen LogP contribution in [-0.4, -0.2) is 59.1 Å². The van der Waals surface area contributed by atoms with Gasteiger partial charge in [-0.2, -0.15) is 0 Å². The number of rotatable bonds is 6. The van der Waals surface area contributed by atoms with Crippen molar-refractivity contribution >= 4 is 5.91 Å². The molecule has 0 spiro atoms. The number of piperidine rings is 1. The van der Waals surface area contributed by atoms with Crippen molar-refractivity contribution in [1.82, 2.24) is 9.80 Å². The highest BCUT2D eigenvalue weighted by atomic mass is 16.3. The standard InChI is InChI=1S/C16H32N2O2/c1-6-16(20,7-2)12-18-10-8-14(9-11-18)15(19)17(5)13(3)4/h13-14,20H,6-12H2,1-5H3. The summed E-state index contributed by atoms with van der Waals surface area (Å²) in [5.74, 6) is 0.441. The lowest BCUT2D eigenvalue weighted by Crippen LogP contribution is -2.48. The molecule has 1 N–H and O–H groups in total. The van der Waals surface area contributed by atoms with Gasteiger partial charge in [0, 0.05) is 25.6 Å². The van der Waals surface area contributed by atoms with Crippen LogP contribution in [-0.2, 0) is 4.79 Å². The van der Waals surface area contributed by atoms with Crippen molar-refractivity contribution in [1.29, 1.82) is 0 Å². The molecule has 1 amide bonds. The van der Waals surface area contributed by atoms with E-state index in [1.165, 1.54) is 0 Å². The Morgan fingerprint density at radius 3 is 2.20 bits per heavy atom. The van der Waals surface area contributed by atoms with Crippen LogP contribution in [0.5, 0.6) is 0 Å². The molecule has 0 saturated carbocycles. The fourth-order valence-electron chi connectivity index (χ4n) is 2.77. The van der Waals surface area contributed by atoms with Crippen LogP contribution < -0.4 is 0 Å². The normalized spacial score (nSPS) is 18.6. The first kappa shape index (κ1) is 17.4. The van der Waals surface area contributed by atoms with E-state index in [0.717, 1.165) is 45.3 Å². The molecule has 1 saturated heterocycles. The van der Waals surface area contributed by atoms with Gasteiger partial charge in [-0.15, -0.1) is 0 Å². The number of hydrogen-bond acceptors (Lipinski definition) is 3. The van der Waals surface area contributed by atoms with Gasteiger partial charge in [0.15, 0.2) is 0 Å². The van der Waals surface area contributed by atoms with Crippen LogP contribution in [0.15, 0.2) is 0 Å². The molecule has 0 aromatic heterocycles. The SMILES string of the molecule is CCC(O)(CC)CN1CCC(C(=O)N(C)C(C)C)CC1. The highest BCUT2D eigenvalue weighted by Crippen LogP contribution is 2.23. The number of amides is 1. The number of β-amino-alcohol motifs (C(OH)–C–C–N with tert-alkyl or cyclic N) is 1. The van der Waals surface area contributed by atoms with Crippen molar-refractivity contribution in [2.24, 2.45) is 5.92 Å². The minimum absolute atomic E-state index is 0.162. The molecule has 0 atom stereocenters. The Morgan fingerprint density at radius 1 is 1.30 bits per heavy atom. The van der Waals surface area contributed by atoms with Gasteiger partial charge < -0.3 is 14.9 Å². The monoisotopic (exact) mass is 284 g/mol. The van der Waals surface area contributed by atoms with Crippen LogP contribution >= 0.6 is 0 Å². The molecule has 4 nitrogen and oxygen atoms in total. The van der Waals surface area contributed by atoms with E-state index >= 15 is 0 Å². The number of aliphatic hydroxyl groups is 1. The second kappa shape index (κ2) is 7.41. The summed E-state index contributed by atoms with van der Waals surface area (Å²) >= 11 is 0. The van der Waals surface area contributed by atoms with E-state index in [4.69, 9.17) is 0 Å². The largest absolute Gasteiger partial charge is 0.389 e. The molecular formula is C16H32N2O2. The fraction of sp³-hybridized carbons (Fsp3) is 0.938. The van der Waals surface area contributed by atoms with Crippen LogP contribution in [0.2, 0.25) is 0 Å². The molecule has 20 heavy (non-hydrogen) atoms. The third kappa shape index (κ3) is 4.45. The first-order valence-electron chi connectivity index (χ1n) is 8.04. The van der Waals surface area contributed by atoms with Crippen LogP contribution in [0.1, 0.15) is 53.4 Å². The van der Waals surface area contributed by atoms with E-state index in [0.29, 0.717) is 0 Å². The third-order valence-corrected chi connectivity index (χ3v) is 4.89.